The summed E-state index contributed by atoms with van der Waals surface area (Å²) >= 11 is 0. The van der Waals surface area contributed by atoms with Crippen LogP contribution in [0.4, 0.5) is 11.6 Å². The van der Waals surface area contributed by atoms with Gasteiger partial charge in [-0.2, -0.15) is 0 Å². The number of carbonyl (C=O) groups excluding carboxylic acids is 1. The molecule has 0 aliphatic rings. The smallest absolute Gasteiger partial charge is 0.258 e. The number of methoxy groups -OCH3 is 1. The molecule has 2 N–H and O–H groups in total. The molecule has 0 radical (unpaired) electrons. The molecule has 2 aromatic carbocycles. The highest BCUT2D eigenvalue weighted by Crippen LogP contribution is 2.22. The van der Waals surface area contributed by atoms with E-state index >= 15 is 0 Å². The van der Waals surface area contributed by atoms with Crippen molar-refractivity contribution in [2.45, 2.75) is 0 Å². The van der Waals surface area contributed by atoms with E-state index in [4.69, 9.17) is 9.47 Å². The molecule has 0 bridgehead atoms. The van der Waals surface area contributed by atoms with Crippen molar-refractivity contribution in [3.8, 4) is 11.5 Å². The fourth-order valence-corrected chi connectivity index (χ4v) is 2.24. The SMILES string of the molecule is COCCNc1ncc(C(=O)Nc2ccc(Oc3ccccc3)cc2)cn1. The van der Waals surface area contributed by atoms with Gasteiger partial charge in [0, 0.05) is 31.7 Å². The minimum absolute atomic E-state index is 0.282. The fraction of sp³-hybridized carbons (Fsp3) is 0.150. The molecule has 0 unspecified atom stereocenters. The Morgan fingerprint density at radius 3 is 2.30 bits per heavy atom. The lowest BCUT2D eigenvalue weighted by atomic mass is 10.2. The van der Waals surface area contributed by atoms with Crippen LogP contribution in [0, 0.1) is 0 Å². The largest absolute Gasteiger partial charge is 0.457 e. The van der Waals surface area contributed by atoms with Crippen molar-refractivity contribution in [3.63, 3.8) is 0 Å². The van der Waals surface area contributed by atoms with Gasteiger partial charge in [0.2, 0.25) is 5.95 Å². The van der Waals surface area contributed by atoms with E-state index in [0.29, 0.717) is 36.1 Å². The van der Waals surface area contributed by atoms with Crippen LogP contribution in [0.5, 0.6) is 11.5 Å². The average Bonchev–Trinajstić information content (AvgIpc) is 2.71. The number of nitrogens with zero attached hydrogens (tertiary/aromatic N) is 2. The molecule has 1 aromatic heterocycles. The van der Waals surface area contributed by atoms with Crippen LogP contribution >= 0.6 is 0 Å². The maximum absolute atomic E-state index is 12.3. The van der Waals surface area contributed by atoms with E-state index < -0.39 is 0 Å². The number of aromatic nitrogens is 2. The molecule has 0 fully saturated rings. The Bertz CT molecular complexity index is 853. The van der Waals surface area contributed by atoms with Crippen molar-refractivity contribution in [1.82, 2.24) is 9.97 Å². The summed E-state index contributed by atoms with van der Waals surface area (Å²) in [5, 5.41) is 5.80. The molecule has 27 heavy (non-hydrogen) atoms. The molecule has 1 amide bonds. The number of para-hydroxylation sites is 1. The molecule has 0 saturated heterocycles. The zero-order chi connectivity index (χ0) is 18.9. The maximum Gasteiger partial charge on any atom is 0.258 e. The zero-order valence-corrected chi connectivity index (χ0v) is 14.9. The van der Waals surface area contributed by atoms with Crippen LogP contribution < -0.4 is 15.4 Å². The zero-order valence-electron chi connectivity index (χ0n) is 14.9. The Hall–Kier alpha value is -3.45. The number of hydrogen-bond donors (Lipinski definition) is 2. The maximum atomic E-state index is 12.3. The van der Waals surface area contributed by atoms with E-state index in [1.165, 1.54) is 12.4 Å². The Labute approximate surface area is 157 Å². The van der Waals surface area contributed by atoms with E-state index in [1.54, 1.807) is 31.4 Å². The Balaban J connectivity index is 1.55. The quantitative estimate of drug-likeness (QED) is 0.594. The molecule has 0 saturated carbocycles. The topological polar surface area (TPSA) is 85.4 Å². The Morgan fingerprint density at radius 2 is 1.63 bits per heavy atom. The summed E-state index contributed by atoms with van der Waals surface area (Å²) in [5.41, 5.74) is 1.03. The molecule has 0 atom stereocenters. The first-order chi connectivity index (χ1) is 13.2. The van der Waals surface area contributed by atoms with Crippen LogP contribution in [0.1, 0.15) is 10.4 Å². The molecule has 1 heterocycles. The van der Waals surface area contributed by atoms with Crippen molar-refractivity contribution >= 4 is 17.5 Å². The first-order valence-corrected chi connectivity index (χ1v) is 8.44. The van der Waals surface area contributed by atoms with Gasteiger partial charge in [-0.1, -0.05) is 18.2 Å². The van der Waals surface area contributed by atoms with E-state index in [2.05, 4.69) is 20.6 Å². The third kappa shape index (κ3) is 5.52. The molecule has 7 nitrogen and oxygen atoms in total. The molecule has 3 aromatic rings. The third-order valence-corrected chi connectivity index (χ3v) is 3.59. The standard InChI is InChI=1S/C20H20N4O3/c1-26-12-11-21-20-22-13-15(14-23-20)19(25)24-16-7-9-18(10-8-16)27-17-5-3-2-4-6-17/h2-10,13-14H,11-12H2,1H3,(H,24,25)(H,21,22,23). The highest BCUT2D eigenvalue weighted by atomic mass is 16.5. The number of nitrogens with one attached hydrogen (secondary N) is 2. The van der Waals surface area contributed by atoms with Gasteiger partial charge in [-0.05, 0) is 36.4 Å². The predicted molar refractivity (Wildman–Crippen MR) is 103 cm³/mol. The summed E-state index contributed by atoms with van der Waals surface area (Å²) in [6, 6.07) is 16.6. The van der Waals surface area contributed by atoms with Crippen molar-refractivity contribution < 1.29 is 14.3 Å². The summed E-state index contributed by atoms with van der Waals surface area (Å²) in [7, 11) is 1.62. The van der Waals surface area contributed by atoms with E-state index in [1.807, 2.05) is 30.3 Å². The molecule has 0 aliphatic carbocycles. The molecular formula is C20H20N4O3. The van der Waals surface area contributed by atoms with Crippen LogP contribution in [0.3, 0.4) is 0 Å². The summed E-state index contributed by atoms with van der Waals surface area (Å²) in [6.07, 6.45) is 2.95. The lowest BCUT2D eigenvalue weighted by Crippen LogP contribution is -2.14. The molecule has 0 aliphatic heterocycles. The van der Waals surface area contributed by atoms with Crippen LogP contribution in [0.15, 0.2) is 67.0 Å². The molecule has 0 spiro atoms. The second-order valence-corrected chi connectivity index (χ2v) is 5.61. The first-order valence-electron chi connectivity index (χ1n) is 8.44. The predicted octanol–water partition coefficient (Wildman–Crippen LogP) is 3.58. The van der Waals surface area contributed by atoms with Crippen LogP contribution in [0.25, 0.3) is 0 Å². The minimum Gasteiger partial charge on any atom is -0.457 e. The summed E-state index contributed by atoms with van der Waals surface area (Å²) < 4.78 is 10.7. The van der Waals surface area contributed by atoms with Crippen LogP contribution in [-0.2, 0) is 4.74 Å². The molecule has 3 rings (SSSR count). The fourth-order valence-electron chi connectivity index (χ4n) is 2.24. The van der Waals surface area contributed by atoms with Gasteiger partial charge in [-0.25, -0.2) is 9.97 Å². The van der Waals surface area contributed by atoms with Gasteiger partial charge in [0.25, 0.3) is 5.91 Å². The molecule has 138 valence electrons. The van der Waals surface area contributed by atoms with Gasteiger partial charge in [-0.15, -0.1) is 0 Å². The number of carbonyl (C=O) groups is 1. The van der Waals surface area contributed by atoms with Crippen molar-refractivity contribution in [2.24, 2.45) is 0 Å². The van der Waals surface area contributed by atoms with Crippen LogP contribution in [-0.4, -0.2) is 36.1 Å². The number of rotatable bonds is 8. The van der Waals surface area contributed by atoms with Gasteiger partial charge in [0.15, 0.2) is 0 Å². The minimum atomic E-state index is -0.282. The van der Waals surface area contributed by atoms with Crippen molar-refractivity contribution in [1.29, 1.82) is 0 Å². The summed E-state index contributed by atoms with van der Waals surface area (Å²) in [4.78, 5) is 20.5. The molecular weight excluding hydrogens is 344 g/mol. The van der Waals surface area contributed by atoms with Gasteiger partial charge in [-0.3, -0.25) is 4.79 Å². The van der Waals surface area contributed by atoms with Gasteiger partial charge in [0.1, 0.15) is 11.5 Å². The summed E-state index contributed by atoms with van der Waals surface area (Å²) in [5.74, 6) is 1.61. The van der Waals surface area contributed by atoms with E-state index in [-0.39, 0.29) is 5.91 Å². The van der Waals surface area contributed by atoms with Crippen molar-refractivity contribution in [2.75, 3.05) is 30.9 Å². The highest BCUT2D eigenvalue weighted by Gasteiger charge is 2.08. The second-order valence-electron chi connectivity index (χ2n) is 5.61. The Kier molecular flexibility index (Phi) is 6.32. The van der Waals surface area contributed by atoms with Gasteiger partial charge >= 0.3 is 0 Å². The second kappa shape index (κ2) is 9.30. The van der Waals surface area contributed by atoms with Gasteiger partial charge in [0.05, 0.1) is 12.2 Å². The van der Waals surface area contributed by atoms with E-state index in [0.717, 1.165) is 5.75 Å². The molecule has 7 heteroatoms. The summed E-state index contributed by atoms with van der Waals surface area (Å²) in [6.45, 7) is 1.15. The normalized spacial score (nSPS) is 10.3. The van der Waals surface area contributed by atoms with Crippen molar-refractivity contribution in [3.05, 3.63) is 72.6 Å². The number of anilines is 2. The monoisotopic (exact) mass is 364 g/mol. The number of benzene rings is 2. The van der Waals surface area contributed by atoms with Gasteiger partial charge < -0.3 is 20.1 Å². The number of hydrogen-bond acceptors (Lipinski definition) is 6. The third-order valence-electron chi connectivity index (χ3n) is 3.59. The average molecular weight is 364 g/mol. The number of amides is 1. The van der Waals surface area contributed by atoms with E-state index in [9.17, 15) is 4.79 Å². The first kappa shape index (κ1) is 18.3. The lowest BCUT2D eigenvalue weighted by molar-refractivity contribution is 0.102. The van der Waals surface area contributed by atoms with Crippen LogP contribution in [0.2, 0.25) is 0 Å². The highest BCUT2D eigenvalue weighted by molar-refractivity contribution is 6.03. The lowest BCUT2D eigenvalue weighted by Gasteiger charge is -2.08. The number of ether oxygens (including phenoxy) is 2. The Morgan fingerprint density at radius 1 is 0.963 bits per heavy atom.